The Kier molecular flexibility index (Phi) is 5.86. The summed E-state index contributed by atoms with van der Waals surface area (Å²) in [5.41, 5.74) is 0. The molecular weight excluding hydrogens is 204 g/mol. The van der Waals surface area contributed by atoms with E-state index in [1.807, 2.05) is 0 Å². The predicted molar refractivity (Wildman–Crippen MR) is 67.1 cm³/mol. The van der Waals surface area contributed by atoms with Crippen molar-refractivity contribution in [2.24, 2.45) is 0 Å². The lowest BCUT2D eigenvalue weighted by molar-refractivity contribution is -0.0327. The predicted octanol–water partition coefficient (Wildman–Crippen LogP) is 2.77. The van der Waals surface area contributed by atoms with Gasteiger partial charge in [-0.1, -0.05) is 13.1 Å². The number of ether oxygens (including phenoxy) is 2. The summed E-state index contributed by atoms with van der Waals surface area (Å²) in [6.07, 6.45) is 6.30. The van der Waals surface area contributed by atoms with Crippen molar-refractivity contribution < 1.29 is 9.47 Å². The van der Waals surface area contributed by atoms with Crippen LogP contribution in [0.25, 0.3) is 0 Å². The van der Waals surface area contributed by atoms with Crippen LogP contribution in [-0.4, -0.2) is 33.8 Å². The summed E-state index contributed by atoms with van der Waals surface area (Å²) in [5.74, 6) is 0. The highest BCUT2D eigenvalue weighted by Gasteiger charge is 2.36. The van der Waals surface area contributed by atoms with E-state index in [2.05, 4.69) is 20.0 Å². The monoisotopic (exact) mass is 230 g/mol. The molecule has 0 radical (unpaired) electrons. The van der Waals surface area contributed by atoms with Crippen LogP contribution in [0.4, 0.5) is 0 Å². The molecule has 1 heterocycles. The van der Waals surface area contributed by atoms with E-state index in [1.54, 1.807) is 0 Å². The van der Waals surface area contributed by atoms with Gasteiger partial charge in [0.05, 0.1) is 14.0 Å². The molecule has 1 saturated heterocycles. The summed E-state index contributed by atoms with van der Waals surface area (Å²) in [6, 6.07) is 0. The fraction of sp³-hybridized carbons (Fsp3) is 1.00. The van der Waals surface area contributed by atoms with Crippen molar-refractivity contribution in [3.63, 3.8) is 0 Å². The highest BCUT2D eigenvalue weighted by atomic mass is 28.3. The van der Waals surface area contributed by atoms with E-state index >= 15 is 0 Å². The number of rotatable bonds is 6. The molecule has 0 amide bonds. The lowest BCUT2D eigenvalue weighted by atomic mass is 10.0. The molecule has 0 saturated carbocycles. The minimum Gasteiger partial charge on any atom is -0.382 e. The molecule has 1 aliphatic rings. The molecule has 1 unspecified atom stereocenters. The van der Waals surface area contributed by atoms with E-state index in [0.29, 0.717) is 0 Å². The molecule has 1 aliphatic heterocycles. The van der Waals surface area contributed by atoms with Crippen molar-refractivity contribution in [2.75, 3.05) is 19.8 Å². The third-order valence-corrected chi connectivity index (χ3v) is 6.38. The molecule has 0 aromatic rings. The van der Waals surface area contributed by atoms with Gasteiger partial charge in [0.25, 0.3) is 0 Å². The maximum Gasteiger partial charge on any atom is 0.0695 e. The zero-order valence-corrected chi connectivity index (χ0v) is 11.7. The largest absolute Gasteiger partial charge is 0.382 e. The van der Waals surface area contributed by atoms with Crippen molar-refractivity contribution in [3.05, 3.63) is 0 Å². The molecule has 0 aromatic carbocycles. The Balaban J connectivity index is 2.35. The molecule has 15 heavy (non-hydrogen) atoms. The molecule has 0 spiro atoms. The molecule has 0 N–H and O–H groups in total. The van der Waals surface area contributed by atoms with Crippen molar-refractivity contribution in [3.8, 4) is 0 Å². The van der Waals surface area contributed by atoms with E-state index in [4.69, 9.17) is 9.47 Å². The fourth-order valence-corrected chi connectivity index (χ4v) is 4.45. The van der Waals surface area contributed by atoms with Gasteiger partial charge in [-0.05, 0) is 39.0 Å². The van der Waals surface area contributed by atoms with Crippen molar-refractivity contribution >= 4 is 8.80 Å². The van der Waals surface area contributed by atoms with Gasteiger partial charge < -0.3 is 9.47 Å². The lowest BCUT2D eigenvalue weighted by Crippen LogP contribution is -2.47. The van der Waals surface area contributed by atoms with Crippen LogP contribution in [0.15, 0.2) is 0 Å². The molecule has 1 atom stereocenters. The average molecular weight is 230 g/mol. The van der Waals surface area contributed by atoms with Gasteiger partial charge in [0, 0.05) is 19.8 Å². The topological polar surface area (TPSA) is 18.5 Å². The molecule has 0 aliphatic carbocycles. The molecule has 90 valence electrons. The SMILES string of the molecule is CCOCCCC1([SiH](C)C)CCCCO1. The maximum absolute atomic E-state index is 6.11. The molecule has 0 aromatic heterocycles. The Bertz CT molecular complexity index is 165. The summed E-state index contributed by atoms with van der Waals surface area (Å²) in [7, 11) is -0.717. The summed E-state index contributed by atoms with van der Waals surface area (Å²) in [4.78, 5) is 0. The summed E-state index contributed by atoms with van der Waals surface area (Å²) in [6.45, 7) is 9.64. The lowest BCUT2D eigenvalue weighted by Gasteiger charge is -2.40. The van der Waals surface area contributed by atoms with E-state index in [9.17, 15) is 0 Å². The third kappa shape index (κ3) is 3.89. The summed E-state index contributed by atoms with van der Waals surface area (Å²) < 4.78 is 11.5. The highest BCUT2D eigenvalue weighted by Crippen LogP contribution is 2.32. The van der Waals surface area contributed by atoms with Crippen molar-refractivity contribution in [1.29, 1.82) is 0 Å². The van der Waals surface area contributed by atoms with Gasteiger partial charge in [-0.15, -0.1) is 0 Å². The normalized spacial score (nSPS) is 27.2. The van der Waals surface area contributed by atoms with Gasteiger partial charge >= 0.3 is 0 Å². The molecule has 2 nitrogen and oxygen atoms in total. The second-order valence-electron chi connectivity index (χ2n) is 4.83. The van der Waals surface area contributed by atoms with Crippen molar-refractivity contribution in [1.82, 2.24) is 0 Å². The standard InChI is InChI=1S/C12H26O2Si/c1-4-13-10-7-9-12(15(2)3)8-5-6-11-14-12/h15H,4-11H2,1-3H3. The van der Waals surface area contributed by atoms with Crippen LogP contribution >= 0.6 is 0 Å². The van der Waals surface area contributed by atoms with Crippen LogP contribution < -0.4 is 0 Å². The van der Waals surface area contributed by atoms with Gasteiger partial charge in [0.1, 0.15) is 0 Å². The fourth-order valence-electron chi connectivity index (χ4n) is 2.43. The van der Waals surface area contributed by atoms with E-state index in [-0.39, 0.29) is 5.22 Å². The smallest absolute Gasteiger partial charge is 0.0695 e. The Morgan fingerprint density at radius 2 is 2.13 bits per heavy atom. The third-order valence-electron chi connectivity index (χ3n) is 3.53. The van der Waals surface area contributed by atoms with Crippen LogP contribution in [0.1, 0.15) is 39.0 Å². The van der Waals surface area contributed by atoms with E-state index in [1.165, 1.54) is 32.1 Å². The van der Waals surface area contributed by atoms with E-state index < -0.39 is 8.80 Å². The van der Waals surface area contributed by atoms with Gasteiger partial charge in [0.2, 0.25) is 0 Å². The molecule has 3 heteroatoms. The second kappa shape index (κ2) is 6.66. The maximum atomic E-state index is 6.11. The van der Waals surface area contributed by atoms with Crippen LogP contribution in [0, 0.1) is 0 Å². The van der Waals surface area contributed by atoms with Gasteiger partial charge in [-0.3, -0.25) is 0 Å². The first-order chi connectivity index (χ1) is 7.21. The molecule has 0 bridgehead atoms. The van der Waals surface area contributed by atoms with Gasteiger partial charge in [-0.25, -0.2) is 0 Å². The summed E-state index contributed by atoms with van der Waals surface area (Å²) >= 11 is 0. The Morgan fingerprint density at radius 1 is 1.33 bits per heavy atom. The zero-order valence-electron chi connectivity index (χ0n) is 10.6. The first-order valence-electron chi connectivity index (χ1n) is 6.43. The Morgan fingerprint density at radius 3 is 2.67 bits per heavy atom. The van der Waals surface area contributed by atoms with Crippen LogP contribution in [0.2, 0.25) is 13.1 Å². The number of hydrogen-bond donors (Lipinski definition) is 0. The summed E-state index contributed by atoms with van der Waals surface area (Å²) in [5, 5.41) is 0.287. The highest BCUT2D eigenvalue weighted by molar-refractivity contribution is 6.59. The first kappa shape index (κ1) is 13.2. The van der Waals surface area contributed by atoms with E-state index in [0.717, 1.165) is 19.8 Å². The second-order valence-corrected chi connectivity index (χ2v) is 8.19. The van der Waals surface area contributed by atoms with Gasteiger partial charge in [0.15, 0.2) is 0 Å². The molecular formula is C12H26O2Si. The van der Waals surface area contributed by atoms with Crippen molar-refractivity contribution in [2.45, 2.75) is 57.3 Å². The Labute approximate surface area is 96.0 Å². The van der Waals surface area contributed by atoms with Crippen LogP contribution in [0.3, 0.4) is 0 Å². The van der Waals surface area contributed by atoms with Crippen LogP contribution in [-0.2, 0) is 9.47 Å². The van der Waals surface area contributed by atoms with Crippen LogP contribution in [0.5, 0.6) is 0 Å². The number of hydrogen-bond acceptors (Lipinski definition) is 2. The first-order valence-corrected chi connectivity index (χ1v) is 9.31. The Hall–Kier alpha value is 0.137. The quantitative estimate of drug-likeness (QED) is 0.516. The minimum atomic E-state index is -0.717. The minimum absolute atomic E-state index is 0.287. The average Bonchev–Trinajstić information content (AvgIpc) is 2.26. The zero-order chi connectivity index (χ0) is 11.1. The molecule has 1 fully saturated rings. The van der Waals surface area contributed by atoms with Gasteiger partial charge in [-0.2, -0.15) is 0 Å². The molecule has 1 rings (SSSR count).